The quantitative estimate of drug-likeness (QED) is 0.579. The topological polar surface area (TPSA) is 49.3 Å². The molecular weight excluding hydrogens is 397 g/mol. The van der Waals surface area contributed by atoms with Gasteiger partial charge in [-0.2, -0.15) is 0 Å². The molecule has 2 aromatic carbocycles. The van der Waals surface area contributed by atoms with Crippen LogP contribution in [0.5, 0.6) is 0 Å². The minimum absolute atomic E-state index is 0.0180. The lowest BCUT2D eigenvalue weighted by atomic mass is 10.2. The molecule has 0 unspecified atom stereocenters. The summed E-state index contributed by atoms with van der Waals surface area (Å²) in [6.07, 6.45) is 0. The Kier molecular flexibility index (Phi) is 6.08. The number of nitrogens with one attached hydrogen (secondary N) is 1. The van der Waals surface area contributed by atoms with Crippen molar-refractivity contribution in [2.45, 2.75) is 18.4 Å². The van der Waals surface area contributed by atoms with Crippen LogP contribution < -0.4 is 5.32 Å². The molecular formula is C16H16INO2S. The lowest BCUT2D eigenvalue weighted by Gasteiger charge is -2.08. The van der Waals surface area contributed by atoms with Crippen molar-refractivity contribution in [2.24, 2.45) is 0 Å². The third-order valence-electron chi connectivity index (χ3n) is 2.94. The zero-order valence-corrected chi connectivity index (χ0v) is 14.6. The van der Waals surface area contributed by atoms with Crippen molar-refractivity contribution in [3.63, 3.8) is 0 Å². The highest BCUT2D eigenvalue weighted by molar-refractivity contribution is 14.1. The minimum Gasteiger partial charge on any atom is -0.392 e. The van der Waals surface area contributed by atoms with Crippen LogP contribution in [-0.4, -0.2) is 16.8 Å². The Morgan fingerprint density at radius 3 is 2.57 bits per heavy atom. The zero-order chi connectivity index (χ0) is 15.2. The molecule has 0 saturated carbocycles. The number of carbonyl (C=O) groups is 1. The van der Waals surface area contributed by atoms with E-state index in [9.17, 15) is 4.79 Å². The molecule has 0 bridgehead atoms. The molecule has 0 atom stereocenters. The number of aliphatic hydroxyl groups is 1. The molecule has 0 aliphatic rings. The van der Waals surface area contributed by atoms with Crippen molar-refractivity contribution in [2.75, 3.05) is 11.1 Å². The van der Waals surface area contributed by atoms with E-state index >= 15 is 0 Å². The molecule has 1 amide bonds. The third-order valence-corrected chi connectivity index (χ3v) is 4.62. The van der Waals surface area contributed by atoms with Crippen molar-refractivity contribution in [3.8, 4) is 0 Å². The maximum Gasteiger partial charge on any atom is 0.234 e. The van der Waals surface area contributed by atoms with Crippen LogP contribution in [0.1, 0.15) is 11.1 Å². The van der Waals surface area contributed by atoms with Gasteiger partial charge in [0.1, 0.15) is 0 Å². The predicted octanol–water partition coefficient (Wildman–Crippen LogP) is 3.82. The van der Waals surface area contributed by atoms with Crippen molar-refractivity contribution in [1.82, 2.24) is 0 Å². The first-order valence-corrected chi connectivity index (χ1v) is 8.53. The van der Waals surface area contributed by atoms with Gasteiger partial charge in [0, 0.05) is 14.2 Å². The van der Waals surface area contributed by atoms with E-state index in [1.54, 1.807) is 0 Å². The second kappa shape index (κ2) is 7.82. The molecule has 0 aromatic heterocycles. The number of hydrogen-bond donors (Lipinski definition) is 2. The molecule has 3 nitrogen and oxygen atoms in total. The number of rotatable bonds is 5. The lowest BCUT2D eigenvalue weighted by molar-refractivity contribution is -0.113. The summed E-state index contributed by atoms with van der Waals surface area (Å²) in [5, 5.41) is 11.9. The first kappa shape index (κ1) is 16.3. The fourth-order valence-corrected chi connectivity index (χ4v) is 3.14. The molecule has 0 aliphatic carbocycles. The molecule has 0 aliphatic heterocycles. The van der Waals surface area contributed by atoms with Gasteiger partial charge in [-0.3, -0.25) is 4.79 Å². The Bertz CT molecular complexity index is 629. The Labute approximate surface area is 142 Å². The summed E-state index contributed by atoms with van der Waals surface area (Å²) in [7, 11) is 0. The van der Waals surface area contributed by atoms with Crippen LogP contribution in [0, 0.1) is 10.5 Å². The van der Waals surface area contributed by atoms with E-state index in [2.05, 4.69) is 27.9 Å². The van der Waals surface area contributed by atoms with Crippen molar-refractivity contribution < 1.29 is 9.90 Å². The van der Waals surface area contributed by atoms with Gasteiger partial charge in [-0.25, -0.2) is 0 Å². The van der Waals surface area contributed by atoms with Gasteiger partial charge in [0.05, 0.1) is 12.4 Å². The monoisotopic (exact) mass is 413 g/mol. The average molecular weight is 413 g/mol. The smallest absolute Gasteiger partial charge is 0.234 e. The SMILES string of the molecule is Cc1cc(I)ccc1NC(=O)CSc1ccc(CO)cc1. The summed E-state index contributed by atoms with van der Waals surface area (Å²) in [5.41, 5.74) is 2.79. The number of anilines is 1. The molecule has 0 radical (unpaired) electrons. The van der Waals surface area contributed by atoms with Crippen LogP contribution in [0.2, 0.25) is 0 Å². The van der Waals surface area contributed by atoms with Crippen molar-refractivity contribution in [1.29, 1.82) is 0 Å². The van der Waals surface area contributed by atoms with Crippen LogP contribution in [0.25, 0.3) is 0 Å². The molecule has 0 saturated heterocycles. The number of carbonyl (C=O) groups excluding carboxylic acids is 1. The number of thioether (sulfide) groups is 1. The molecule has 5 heteroatoms. The molecule has 110 valence electrons. The molecule has 2 N–H and O–H groups in total. The second-order valence-corrected chi connectivity index (χ2v) is 6.89. The molecule has 0 spiro atoms. The fourth-order valence-electron chi connectivity index (χ4n) is 1.79. The maximum atomic E-state index is 12.0. The summed E-state index contributed by atoms with van der Waals surface area (Å²) < 4.78 is 1.15. The van der Waals surface area contributed by atoms with Crippen molar-refractivity contribution >= 4 is 45.9 Å². The molecule has 0 heterocycles. The van der Waals surface area contributed by atoms with E-state index in [1.807, 2.05) is 49.4 Å². The van der Waals surface area contributed by atoms with E-state index in [-0.39, 0.29) is 12.5 Å². The maximum absolute atomic E-state index is 12.0. The van der Waals surface area contributed by atoms with Gasteiger partial charge < -0.3 is 10.4 Å². The standard InChI is InChI=1S/C16H16INO2S/c1-11-8-13(17)4-7-15(11)18-16(20)10-21-14-5-2-12(9-19)3-6-14/h2-8,19H,9-10H2,1H3,(H,18,20). The van der Waals surface area contributed by atoms with Gasteiger partial charge in [-0.15, -0.1) is 11.8 Å². The van der Waals surface area contributed by atoms with E-state index in [4.69, 9.17) is 5.11 Å². The van der Waals surface area contributed by atoms with Gasteiger partial charge in [0.25, 0.3) is 0 Å². The summed E-state index contributed by atoms with van der Waals surface area (Å²) in [5.74, 6) is 0.347. The Morgan fingerprint density at radius 1 is 1.24 bits per heavy atom. The first-order chi connectivity index (χ1) is 10.1. The van der Waals surface area contributed by atoms with E-state index < -0.39 is 0 Å². The number of aryl methyl sites for hydroxylation is 1. The highest BCUT2D eigenvalue weighted by atomic mass is 127. The Balaban J connectivity index is 1.89. The molecule has 21 heavy (non-hydrogen) atoms. The van der Waals surface area contributed by atoms with Crippen molar-refractivity contribution in [3.05, 3.63) is 57.2 Å². The third kappa shape index (κ3) is 5.01. The zero-order valence-electron chi connectivity index (χ0n) is 11.6. The van der Waals surface area contributed by atoms with Crippen LogP contribution in [0.15, 0.2) is 47.4 Å². The lowest BCUT2D eigenvalue weighted by Crippen LogP contribution is -2.14. The van der Waals surface area contributed by atoms with E-state index in [1.165, 1.54) is 11.8 Å². The average Bonchev–Trinajstić information content (AvgIpc) is 2.48. The normalized spacial score (nSPS) is 10.4. The number of halogens is 1. The van der Waals surface area contributed by atoms with E-state index in [0.717, 1.165) is 25.3 Å². The largest absolute Gasteiger partial charge is 0.392 e. The number of benzene rings is 2. The highest BCUT2D eigenvalue weighted by Crippen LogP contribution is 2.21. The summed E-state index contributed by atoms with van der Waals surface area (Å²) in [6.45, 7) is 2.02. The fraction of sp³-hybridized carbons (Fsp3) is 0.188. The van der Waals surface area contributed by atoms with Gasteiger partial charge in [0.2, 0.25) is 5.91 Å². The van der Waals surface area contributed by atoms with Gasteiger partial charge in [-0.05, 0) is 71.0 Å². The Hall–Kier alpha value is -1.05. The number of amides is 1. The molecule has 2 rings (SSSR count). The second-order valence-electron chi connectivity index (χ2n) is 4.60. The summed E-state index contributed by atoms with van der Waals surface area (Å²) >= 11 is 3.73. The summed E-state index contributed by atoms with van der Waals surface area (Å²) in [6, 6.07) is 13.5. The molecule has 0 fully saturated rings. The van der Waals surface area contributed by atoms with Crippen LogP contribution in [0.3, 0.4) is 0 Å². The van der Waals surface area contributed by atoms with Gasteiger partial charge in [-0.1, -0.05) is 12.1 Å². The van der Waals surface area contributed by atoms with Gasteiger partial charge in [0.15, 0.2) is 0 Å². The first-order valence-electron chi connectivity index (χ1n) is 6.47. The van der Waals surface area contributed by atoms with Crippen LogP contribution in [-0.2, 0) is 11.4 Å². The van der Waals surface area contributed by atoms with Crippen LogP contribution in [0.4, 0.5) is 5.69 Å². The van der Waals surface area contributed by atoms with Gasteiger partial charge >= 0.3 is 0 Å². The highest BCUT2D eigenvalue weighted by Gasteiger charge is 2.06. The molecule has 2 aromatic rings. The minimum atomic E-state index is -0.0180. The predicted molar refractivity (Wildman–Crippen MR) is 95.6 cm³/mol. The Morgan fingerprint density at radius 2 is 1.95 bits per heavy atom. The number of hydrogen-bond acceptors (Lipinski definition) is 3. The van der Waals surface area contributed by atoms with E-state index in [0.29, 0.717) is 5.75 Å². The summed E-state index contributed by atoms with van der Waals surface area (Å²) in [4.78, 5) is 13.0. The van der Waals surface area contributed by atoms with Crippen LogP contribution >= 0.6 is 34.4 Å². The number of aliphatic hydroxyl groups excluding tert-OH is 1.